The lowest BCUT2D eigenvalue weighted by molar-refractivity contribution is -0.126. The maximum absolute atomic E-state index is 12.3. The Morgan fingerprint density at radius 1 is 1.00 bits per heavy atom. The van der Waals surface area contributed by atoms with E-state index in [-0.39, 0.29) is 18.2 Å². The Morgan fingerprint density at radius 2 is 1.74 bits per heavy atom. The normalized spacial score (nSPS) is 20.9. The number of nitrogens with one attached hydrogen (secondary N) is 4. The minimum absolute atomic E-state index is 0.0181. The molecule has 0 radical (unpaired) electrons. The highest BCUT2D eigenvalue weighted by Gasteiger charge is 2.27. The summed E-state index contributed by atoms with van der Waals surface area (Å²) < 4.78 is 0. The van der Waals surface area contributed by atoms with Crippen molar-refractivity contribution in [1.29, 1.82) is 0 Å². The van der Waals surface area contributed by atoms with Crippen LogP contribution in [0.1, 0.15) is 16.7 Å². The van der Waals surface area contributed by atoms with Crippen LogP contribution in [0, 0.1) is 13.8 Å². The Bertz CT molecular complexity index is 684. The molecule has 2 atom stereocenters. The molecule has 120 valence electrons. The fraction of sp³-hybridized carbons (Fsp3) is 0.278. The minimum Gasteiger partial charge on any atom is -0.352 e. The summed E-state index contributed by atoms with van der Waals surface area (Å²) in [7, 11) is 0. The van der Waals surface area contributed by atoms with E-state index < -0.39 is 0 Å². The Balaban J connectivity index is 1.58. The average Bonchev–Trinajstić information content (AvgIpc) is 2.54. The van der Waals surface area contributed by atoms with Crippen molar-refractivity contribution in [3.63, 3.8) is 0 Å². The van der Waals surface area contributed by atoms with Gasteiger partial charge in [-0.15, -0.1) is 0 Å². The number of carbonyl (C=O) groups is 1. The van der Waals surface area contributed by atoms with Gasteiger partial charge in [-0.05, 0) is 37.5 Å². The third-order valence-electron chi connectivity index (χ3n) is 4.01. The third kappa shape index (κ3) is 3.88. The number of benzene rings is 2. The number of rotatable bonds is 4. The predicted molar refractivity (Wildman–Crippen MR) is 91.7 cm³/mol. The van der Waals surface area contributed by atoms with Crippen molar-refractivity contribution in [2.24, 2.45) is 0 Å². The largest absolute Gasteiger partial charge is 0.352 e. The predicted octanol–water partition coefficient (Wildman–Crippen LogP) is 1.83. The summed E-state index contributed by atoms with van der Waals surface area (Å²) in [6.07, 6.45) is 0.314. The second-order valence-corrected chi connectivity index (χ2v) is 5.93. The first-order chi connectivity index (χ1) is 11.1. The molecule has 1 heterocycles. The summed E-state index contributed by atoms with van der Waals surface area (Å²) in [4.78, 5) is 12.3. The first-order valence-electron chi connectivity index (χ1n) is 7.81. The van der Waals surface area contributed by atoms with E-state index in [1.165, 1.54) is 5.56 Å². The van der Waals surface area contributed by atoms with Gasteiger partial charge >= 0.3 is 0 Å². The fourth-order valence-corrected chi connectivity index (χ4v) is 2.59. The summed E-state index contributed by atoms with van der Waals surface area (Å²) in [6, 6.07) is 15.9. The van der Waals surface area contributed by atoms with Crippen LogP contribution in [0.25, 0.3) is 0 Å². The van der Waals surface area contributed by atoms with Crippen LogP contribution in [0.3, 0.4) is 0 Å². The quantitative estimate of drug-likeness (QED) is 0.696. The minimum atomic E-state index is -0.335. The fourth-order valence-electron chi connectivity index (χ4n) is 2.59. The van der Waals surface area contributed by atoms with E-state index in [0.29, 0.717) is 6.42 Å². The third-order valence-corrected chi connectivity index (χ3v) is 4.01. The Kier molecular flexibility index (Phi) is 4.60. The van der Waals surface area contributed by atoms with E-state index in [2.05, 4.69) is 52.7 Å². The molecule has 2 aromatic rings. The smallest absolute Gasteiger partial charge is 0.241 e. The van der Waals surface area contributed by atoms with Crippen molar-refractivity contribution in [3.05, 3.63) is 65.2 Å². The van der Waals surface area contributed by atoms with Crippen LogP contribution in [0.2, 0.25) is 0 Å². The number of carbonyl (C=O) groups excluding carboxylic acids is 1. The van der Waals surface area contributed by atoms with Crippen LogP contribution in [-0.2, 0) is 11.2 Å². The summed E-state index contributed by atoms with van der Waals surface area (Å²) in [5.74, 6) is -0.0181. The molecule has 1 amide bonds. The monoisotopic (exact) mass is 310 g/mol. The van der Waals surface area contributed by atoms with E-state index in [9.17, 15) is 4.79 Å². The van der Waals surface area contributed by atoms with Crippen LogP contribution in [0.15, 0.2) is 48.5 Å². The van der Waals surface area contributed by atoms with Gasteiger partial charge in [-0.3, -0.25) is 4.79 Å². The molecule has 0 aliphatic carbocycles. The second kappa shape index (κ2) is 6.81. The summed E-state index contributed by atoms with van der Waals surface area (Å²) in [5, 5.41) is 6.22. The Labute approximate surface area is 136 Å². The first-order valence-corrected chi connectivity index (χ1v) is 7.81. The zero-order chi connectivity index (χ0) is 16.2. The van der Waals surface area contributed by atoms with E-state index in [1.807, 2.05) is 31.2 Å². The highest BCUT2D eigenvalue weighted by Crippen LogP contribution is 2.14. The number of aryl methyl sites for hydroxylation is 2. The molecule has 3 rings (SSSR count). The maximum Gasteiger partial charge on any atom is 0.241 e. The number of anilines is 1. The van der Waals surface area contributed by atoms with Gasteiger partial charge in [-0.25, -0.2) is 10.9 Å². The van der Waals surface area contributed by atoms with Gasteiger partial charge < -0.3 is 10.6 Å². The van der Waals surface area contributed by atoms with Crippen molar-refractivity contribution >= 4 is 11.6 Å². The van der Waals surface area contributed by atoms with E-state index >= 15 is 0 Å². The van der Waals surface area contributed by atoms with E-state index in [0.717, 1.165) is 16.8 Å². The van der Waals surface area contributed by atoms with Crippen molar-refractivity contribution in [2.45, 2.75) is 32.6 Å². The second-order valence-electron chi connectivity index (χ2n) is 5.93. The van der Waals surface area contributed by atoms with Gasteiger partial charge in [0.1, 0.15) is 6.04 Å². The molecule has 1 fully saturated rings. The van der Waals surface area contributed by atoms with Gasteiger partial charge in [-0.2, -0.15) is 0 Å². The maximum atomic E-state index is 12.3. The van der Waals surface area contributed by atoms with Crippen molar-refractivity contribution in [2.75, 3.05) is 5.32 Å². The highest BCUT2D eigenvalue weighted by molar-refractivity contribution is 5.83. The average molecular weight is 310 g/mol. The standard InChI is InChI=1S/C18H22N4O/c1-12-7-9-14(10-8-12)11-16-17(23)20-18(22-21-16)19-15-6-4-3-5-13(15)2/h3-10,16,18-19,21-22H,11H2,1-2H3,(H,20,23). The molecule has 1 saturated heterocycles. The number of hydrogen-bond acceptors (Lipinski definition) is 4. The van der Waals surface area contributed by atoms with Crippen molar-refractivity contribution in [1.82, 2.24) is 16.2 Å². The SMILES string of the molecule is Cc1ccc(CC2NNC(Nc3ccccc3C)NC2=O)cc1. The Hall–Kier alpha value is -2.37. The number of amides is 1. The van der Waals surface area contributed by atoms with Gasteiger partial charge in [0.2, 0.25) is 5.91 Å². The van der Waals surface area contributed by atoms with E-state index in [4.69, 9.17) is 0 Å². The molecule has 0 bridgehead atoms. The zero-order valence-corrected chi connectivity index (χ0v) is 13.4. The summed E-state index contributed by atoms with van der Waals surface area (Å²) in [6.45, 7) is 4.08. The molecule has 0 saturated carbocycles. The lowest BCUT2D eigenvalue weighted by atomic mass is 10.0. The molecule has 1 aliphatic heterocycles. The number of hydrogen-bond donors (Lipinski definition) is 4. The first kappa shape index (κ1) is 15.5. The molecule has 2 aromatic carbocycles. The van der Waals surface area contributed by atoms with Gasteiger partial charge in [0.15, 0.2) is 6.29 Å². The van der Waals surface area contributed by atoms with Gasteiger partial charge in [-0.1, -0.05) is 48.0 Å². The zero-order valence-electron chi connectivity index (χ0n) is 13.4. The molecule has 23 heavy (non-hydrogen) atoms. The molecular formula is C18H22N4O. The molecule has 5 heteroatoms. The number of hydrazine groups is 1. The van der Waals surface area contributed by atoms with Crippen LogP contribution >= 0.6 is 0 Å². The molecule has 0 aromatic heterocycles. The van der Waals surface area contributed by atoms with Gasteiger partial charge in [0, 0.05) is 5.69 Å². The summed E-state index contributed by atoms with van der Waals surface area (Å²) in [5.41, 5.74) is 10.7. The molecule has 0 spiro atoms. The molecule has 1 aliphatic rings. The molecule has 4 N–H and O–H groups in total. The van der Waals surface area contributed by atoms with Crippen molar-refractivity contribution < 1.29 is 4.79 Å². The van der Waals surface area contributed by atoms with Crippen molar-refractivity contribution in [3.8, 4) is 0 Å². The lowest BCUT2D eigenvalue weighted by Gasteiger charge is -2.32. The lowest BCUT2D eigenvalue weighted by Crippen LogP contribution is -2.68. The highest BCUT2D eigenvalue weighted by atomic mass is 16.2. The molecule has 2 unspecified atom stereocenters. The number of para-hydroxylation sites is 1. The van der Waals surface area contributed by atoms with Crippen LogP contribution in [-0.4, -0.2) is 18.2 Å². The van der Waals surface area contributed by atoms with Gasteiger partial charge in [0.05, 0.1) is 0 Å². The van der Waals surface area contributed by atoms with Gasteiger partial charge in [0.25, 0.3) is 0 Å². The van der Waals surface area contributed by atoms with Crippen LogP contribution in [0.4, 0.5) is 5.69 Å². The van der Waals surface area contributed by atoms with Crippen LogP contribution in [0.5, 0.6) is 0 Å². The van der Waals surface area contributed by atoms with E-state index in [1.54, 1.807) is 0 Å². The molecule has 5 nitrogen and oxygen atoms in total. The molecular weight excluding hydrogens is 288 g/mol. The topological polar surface area (TPSA) is 65.2 Å². The summed E-state index contributed by atoms with van der Waals surface area (Å²) >= 11 is 0. The van der Waals surface area contributed by atoms with Crippen LogP contribution < -0.4 is 21.5 Å². The Morgan fingerprint density at radius 3 is 2.43 bits per heavy atom.